The molecule has 0 aliphatic heterocycles. The summed E-state index contributed by atoms with van der Waals surface area (Å²) in [5.41, 5.74) is -3.65. The van der Waals surface area contributed by atoms with Gasteiger partial charge in [-0.1, -0.05) is 20.4 Å². The summed E-state index contributed by atoms with van der Waals surface area (Å²) in [6.45, 7) is 5.06. The van der Waals surface area contributed by atoms with Gasteiger partial charge in [-0.05, 0) is 5.57 Å². The zero-order valence-electron chi connectivity index (χ0n) is 15.8. The molecule has 0 aromatic carbocycles. The monoisotopic (exact) mass is 388 g/mol. The predicted octanol–water partition coefficient (Wildman–Crippen LogP) is -2.32. The van der Waals surface area contributed by atoms with Gasteiger partial charge in [0.05, 0.1) is 42.4 Å². The molecular weight excluding hydrogens is 364 g/mol. The van der Waals surface area contributed by atoms with Crippen LogP contribution in [-0.4, -0.2) is 64.5 Å². The van der Waals surface area contributed by atoms with Crippen LogP contribution < -0.4 is 10.2 Å². The van der Waals surface area contributed by atoms with E-state index in [1.165, 1.54) is 14.2 Å². The first-order chi connectivity index (χ1) is 12.6. The predicted molar refractivity (Wildman–Crippen MR) is 85.6 cm³/mol. The van der Waals surface area contributed by atoms with Gasteiger partial charge in [0.15, 0.2) is 0 Å². The molecule has 0 aliphatic rings. The largest absolute Gasteiger partial charge is 0.549 e. The first-order valence-corrected chi connectivity index (χ1v) is 8.02. The van der Waals surface area contributed by atoms with Gasteiger partial charge in [-0.15, -0.1) is 0 Å². The van der Waals surface area contributed by atoms with Gasteiger partial charge in [-0.25, -0.2) is 0 Å². The third kappa shape index (κ3) is 5.76. The molecule has 0 spiro atoms. The topological polar surface area (TPSA) is 151 Å². The van der Waals surface area contributed by atoms with E-state index >= 15 is 0 Å². The van der Waals surface area contributed by atoms with Gasteiger partial charge in [0.25, 0.3) is 0 Å². The first kappa shape index (κ1) is 24.5. The molecule has 2 unspecified atom stereocenters. The Labute approximate surface area is 157 Å². The molecule has 0 amide bonds. The van der Waals surface area contributed by atoms with E-state index in [4.69, 9.17) is 18.9 Å². The highest BCUT2D eigenvalue weighted by atomic mass is 16.6. The summed E-state index contributed by atoms with van der Waals surface area (Å²) in [4.78, 5) is 47.9. The van der Waals surface area contributed by atoms with Crippen LogP contribution in [0.15, 0.2) is 12.2 Å². The van der Waals surface area contributed by atoms with E-state index in [2.05, 4.69) is 6.58 Å². The quantitative estimate of drug-likeness (QED) is 0.191. The van der Waals surface area contributed by atoms with Crippen molar-refractivity contribution in [3.05, 3.63) is 12.2 Å². The highest BCUT2D eigenvalue weighted by molar-refractivity contribution is 6.00. The van der Waals surface area contributed by atoms with Gasteiger partial charge in [0, 0.05) is 14.2 Å². The van der Waals surface area contributed by atoms with Crippen LogP contribution in [0, 0.1) is 17.3 Å². The van der Waals surface area contributed by atoms with E-state index in [0.717, 1.165) is 13.8 Å². The highest BCUT2D eigenvalue weighted by Crippen LogP contribution is 2.43. The van der Waals surface area contributed by atoms with Crippen molar-refractivity contribution in [2.45, 2.75) is 13.8 Å². The second-order valence-electron chi connectivity index (χ2n) is 5.69. The minimum Gasteiger partial charge on any atom is -0.549 e. The molecule has 154 valence electrons. The lowest BCUT2D eigenvalue weighted by atomic mass is 9.63. The number of hydrogen-bond acceptors (Lipinski definition) is 10. The van der Waals surface area contributed by atoms with Crippen LogP contribution in [0.2, 0.25) is 0 Å². The van der Waals surface area contributed by atoms with Crippen LogP contribution in [0.5, 0.6) is 0 Å². The van der Waals surface area contributed by atoms with Gasteiger partial charge in [-0.3, -0.25) is 9.59 Å². The lowest BCUT2D eigenvalue weighted by Crippen LogP contribution is -2.58. The smallest absolute Gasteiger partial charge is 0.310 e. The van der Waals surface area contributed by atoms with Crippen molar-refractivity contribution in [3.8, 4) is 0 Å². The Hall–Kier alpha value is -2.46. The molecule has 0 N–H and O–H groups in total. The summed E-state index contributed by atoms with van der Waals surface area (Å²) >= 11 is 0. The lowest BCUT2D eigenvalue weighted by Gasteiger charge is -2.44. The maximum absolute atomic E-state index is 12.3. The number of methoxy groups -OCH3 is 2. The van der Waals surface area contributed by atoms with Crippen LogP contribution in [-0.2, 0) is 38.1 Å². The number of aliphatic carboxylic acids is 2. The van der Waals surface area contributed by atoms with E-state index in [1.54, 1.807) is 0 Å². The molecular formula is C17H24O10-2. The van der Waals surface area contributed by atoms with E-state index in [9.17, 15) is 29.4 Å². The van der Waals surface area contributed by atoms with Crippen molar-refractivity contribution in [2.75, 3.05) is 40.6 Å². The van der Waals surface area contributed by atoms with Crippen LogP contribution in [0.4, 0.5) is 0 Å². The molecule has 0 heterocycles. The van der Waals surface area contributed by atoms with Gasteiger partial charge in [0.1, 0.15) is 13.2 Å². The highest BCUT2D eigenvalue weighted by Gasteiger charge is 2.52. The maximum Gasteiger partial charge on any atom is 0.310 e. The number of ether oxygens (including phenoxy) is 4. The molecule has 10 nitrogen and oxygen atoms in total. The lowest BCUT2D eigenvalue weighted by molar-refractivity contribution is -0.326. The van der Waals surface area contributed by atoms with Gasteiger partial charge in [-0.2, -0.15) is 0 Å². The normalized spacial score (nSPS) is 15.1. The van der Waals surface area contributed by atoms with Crippen molar-refractivity contribution in [3.63, 3.8) is 0 Å². The minimum absolute atomic E-state index is 0.0346. The zero-order valence-corrected chi connectivity index (χ0v) is 15.8. The van der Waals surface area contributed by atoms with E-state index in [0.29, 0.717) is 0 Å². The van der Waals surface area contributed by atoms with Crippen molar-refractivity contribution >= 4 is 23.9 Å². The molecule has 0 aromatic rings. The molecule has 0 aliphatic carbocycles. The average molecular weight is 388 g/mol. The SMILES string of the molecule is C=C(C(=O)[O-])C(C(=O)[O-])(C(C)C(=O)OCCOC)C(C)C(=O)OCCOC. The molecule has 10 heteroatoms. The van der Waals surface area contributed by atoms with Gasteiger partial charge in [0.2, 0.25) is 0 Å². The van der Waals surface area contributed by atoms with Crippen LogP contribution >= 0.6 is 0 Å². The Morgan fingerprint density at radius 3 is 1.48 bits per heavy atom. The molecule has 27 heavy (non-hydrogen) atoms. The molecule has 0 bridgehead atoms. The molecule has 0 saturated carbocycles. The second-order valence-corrected chi connectivity index (χ2v) is 5.69. The molecule has 0 radical (unpaired) electrons. The number of carboxylic acid groups (broad SMARTS) is 2. The second kappa shape index (κ2) is 11.3. The Bertz CT molecular complexity index is 540. The third-order valence-corrected chi connectivity index (χ3v) is 4.22. The first-order valence-electron chi connectivity index (χ1n) is 8.02. The Morgan fingerprint density at radius 1 is 0.852 bits per heavy atom. The van der Waals surface area contributed by atoms with Gasteiger partial charge >= 0.3 is 11.9 Å². The van der Waals surface area contributed by atoms with Crippen molar-refractivity contribution in [1.29, 1.82) is 0 Å². The average Bonchev–Trinajstić information content (AvgIpc) is 2.61. The maximum atomic E-state index is 12.3. The number of carbonyl (C=O) groups excluding carboxylic acids is 4. The summed E-state index contributed by atoms with van der Waals surface area (Å²) in [6, 6.07) is 0. The van der Waals surface area contributed by atoms with E-state index in [1.807, 2.05) is 0 Å². The third-order valence-electron chi connectivity index (χ3n) is 4.22. The van der Waals surface area contributed by atoms with Crippen LogP contribution in [0.25, 0.3) is 0 Å². The van der Waals surface area contributed by atoms with E-state index in [-0.39, 0.29) is 26.4 Å². The van der Waals surface area contributed by atoms with Crippen molar-refractivity contribution in [2.24, 2.45) is 17.3 Å². The minimum atomic E-state index is -2.65. The van der Waals surface area contributed by atoms with Crippen LogP contribution in [0.3, 0.4) is 0 Å². The number of hydrogen-bond donors (Lipinski definition) is 0. The Kier molecular flexibility index (Phi) is 10.3. The van der Waals surface area contributed by atoms with E-state index < -0.39 is 46.7 Å². The summed E-state index contributed by atoms with van der Waals surface area (Å²) in [6.07, 6.45) is 0. The molecule has 0 saturated heterocycles. The standard InChI is InChI=1S/C17H26O10/c1-10(13(18)19)17(16(22)23,11(2)14(20)26-8-6-24-4)12(3)15(21)27-9-7-25-5/h11-12H,1,6-9H2,2-5H3,(H,18,19)(H,22,23)/p-2. The van der Waals surface area contributed by atoms with Gasteiger partial charge < -0.3 is 38.7 Å². The number of carboxylic acids is 2. The summed E-state index contributed by atoms with van der Waals surface area (Å²) in [7, 11) is 2.72. The fourth-order valence-electron chi connectivity index (χ4n) is 2.62. The number of esters is 2. The Morgan fingerprint density at radius 2 is 1.22 bits per heavy atom. The fraction of sp³-hybridized carbons (Fsp3) is 0.647. The molecule has 0 aromatic heterocycles. The van der Waals surface area contributed by atoms with Crippen molar-refractivity contribution in [1.82, 2.24) is 0 Å². The summed E-state index contributed by atoms with van der Waals surface area (Å²) in [5.74, 6) is -9.38. The number of carbonyl (C=O) groups is 4. The summed E-state index contributed by atoms with van der Waals surface area (Å²) in [5, 5.41) is 23.4. The molecule has 2 atom stereocenters. The molecule has 0 rings (SSSR count). The van der Waals surface area contributed by atoms with Crippen LogP contribution in [0.1, 0.15) is 13.8 Å². The fourth-order valence-corrected chi connectivity index (χ4v) is 2.62. The number of rotatable bonds is 13. The van der Waals surface area contributed by atoms with Crippen molar-refractivity contribution < 1.29 is 48.3 Å². The Balaban J connectivity index is 5.95. The molecule has 0 fully saturated rings. The zero-order chi connectivity index (χ0) is 21.2. The summed E-state index contributed by atoms with van der Waals surface area (Å²) < 4.78 is 19.2.